The first kappa shape index (κ1) is 22.6. The molecule has 0 spiro atoms. The Balaban J connectivity index is 1.78. The summed E-state index contributed by atoms with van der Waals surface area (Å²) in [4.78, 5) is 15.0. The molecular weight excluding hydrogens is 422 g/mol. The first-order chi connectivity index (χ1) is 14.2. The maximum Gasteiger partial charge on any atom is 0.261 e. The zero-order valence-corrected chi connectivity index (χ0v) is 19.1. The maximum atomic E-state index is 12.9. The molecule has 30 heavy (non-hydrogen) atoms. The molecule has 1 fully saturated rings. The van der Waals surface area contributed by atoms with E-state index in [4.69, 9.17) is 11.6 Å². The largest absolute Gasteiger partial charge is 0.349 e. The molecule has 0 aliphatic heterocycles. The normalized spacial score (nSPS) is 19.5. The van der Waals surface area contributed by atoms with Crippen LogP contribution in [0.3, 0.4) is 0 Å². The van der Waals surface area contributed by atoms with Gasteiger partial charge in [0.05, 0.1) is 15.5 Å². The van der Waals surface area contributed by atoms with Crippen molar-refractivity contribution in [2.45, 2.75) is 49.6 Å². The first-order valence-corrected chi connectivity index (χ1v) is 11.9. The molecule has 6 nitrogen and oxygen atoms in total. The van der Waals surface area contributed by atoms with Gasteiger partial charge in [0.1, 0.15) is 0 Å². The Labute approximate surface area is 183 Å². The van der Waals surface area contributed by atoms with Crippen molar-refractivity contribution < 1.29 is 13.2 Å². The van der Waals surface area contributed by atoms with E-state index in [0.29, 0.717) is 11.7 Å². The quantitative estimate of drug-likeness (QED) is 0.697. The van der Waals surface area contributed by atoms with Crippen molar-refractivity contribution in [3.63, 3.8) is 0 Å². The van der Waals surface area contributed by atoms with Crippen molar-refractivity contribution in [1.29, 1.82) is 0 Å². The SMILES string of the molecule is Cc1cccc(NS(=O)(=O)c2ccc(Cl)c(C(=O)N[C@@H]3CCC[C@H](N(C)C)C3)c2)c1. The van der Waals surface area contributed by atoms with Crippen LogP contribution in [0.1, 0.15) is 41.6 Å². The van der Waals surface area contributed by atoms with Crippen LogP contribution in [-0.4, -0.2) is 45.4 Å². The van der Waals surface area contributed by atoms with Gasteiger partial charge in [0.25, 0.3) is 15.9 Å². The number of carbonyl (C=O) groups is 1. The van der Waals surface area contributed by atoms with Gasteiger partial charge in [0, 0.05) is 17.8 Å². The zero-order valence-electron chi connectivity index (χ0n) is 17.5. The third-order valence-corrected chi connectivity index (χ3v) is 7.18. The number of halogens is 1. The van der Waals surface area contributed by atoms with E-state index in [0.717, 1.165) is 31.2 Å². The van der Waals surface area contributed by atoms with E-state index < -0.39 is 10.0 Å². The number of rotatable bonds is 6. The molecule has 1 saturated carbocycles. The first-order valence-electron chi connectivity index (χ1n) is 10.0. The zero-order chi connectivity index (χ0) is 21.9. The molecule has 2 N–H and O–H groups in total. The maximum absolute atomic E-state index is 12.9. The van der Waals surface area contributed by atoms with Crippen molar-refractivity contribution in [2.75, 3.05) is 18.8 Å². The highest BCUT2D eigenvalue weighted by molar-refractivity contribution is 7.92. The molecule has 1 amide bonds. The molecule has 2 atom stereocenters. The van der Waals surface area contributed by atoms with Crippen LogP contribution in [0.25, 0.3) is 0 Å². The summed E-state index contributed by atoms with van der Waals surface area (Å²) in [5.41, 5.74) is 1.57. The van der Waals surface area contributed by atoms with E-state index >= 15 is 0 Å². The van der Waals surface area contributed by atoms with Crippen LogP contribution >= 0.6 is 11.6 Å². The predicted octanol–water partition coefficient (Wildman–Crippen LogP) is 4.05. The van der Waals surface area contributed by atoms with E-state index in [9.17, 15) is 13.2 Å². The molecule has 0 saturated heterocycles. The number of nitrogens with zero attached hydrogens (tertiary/aromatic N) is 1. The van der Waals surface area contributed by atoms with Gasteiger partial charge in [-0.1, -0.05) is 23.7 Å². The molecule has 0 unspecified atom stereocenters. The Kier molecular flexibility index (Phi) is 7.06. The number of sulfonamides is 1. The number of hydrogen-bond donors (Lipinski definition) is 2. The monoisotopic (exact) mass is 449 g/mol. The van der Waals surface area contributed by atoms with Gasteiger partial charge in [0.15, 0.2) is 0 Å². The number of hydrogen-bond acceptors (Lipinski definition) is 4. The molecule has 1 aliphatic carbocycles. The number of carbonyl (C=O) groups excluding carboxylic acids is 1. The smallest absolute Gasteiger partial charge is 0.261 e. The van der Waals surface area contributed by atoms with Crippen molar-refractivity contribution in [1.82, 2.24) is 10.2 Å². The molecule has 0 bridgehead atoms. The number of aryl methyl sites for hydroxylation is 1. The fraction of sp³-hybridized carbons (Fsp3) is 0.409. The predicted molar refractivity (Wildman–Crippen MR) is 121 cm³/mol. The summed E-state index contributed by atoms with van der Waals surface area (Å²) in [5, 5.41) is 3.26. The lowest BCUT2D eigenvalue weighted by Crippen LogP contribution is -2.43. The molecule has 0 heterocycles. The summed E-state index contributed by atoms with van der Waals surface area (Å²) in [6.45, 7) is 1.88. The Morgan fingerprint density at radius 2 is 1.90 bits per heavy atom. The van der Waals surface area contributed by atoms with E-state index in [1.807, 2.05) is 27.1 Å². The van der Waals surface area contributed by atoms with Gasteiger partial charge < -0.3 is 10.2 Å². The van der Waals surface area contributed by atoms with Crippen LogP contribution in [-0.2, 0) is 10.0 Å². The van der Waals surface area contributed by atoms with Gasteiger partial charge in [-0.3, -0.25) is 9.52 Å². The van der Waals surface area contributed by atoms with Crippen LogP contribution in [0.4, 0.5) is 5.69 Å². The van der Waals surface area contributed by atoms with E-state index in [1.54, 1.807) is 18.2 Å². The second-order valence-electron chi connectivity index (χ2n) is 8.07. The second-order valence-corrected chi connectivity index (χ2v) is 10.2. The minimum atomic E-state index is -3.85. The van der Waals surface area contributed by atoms with Gasteiger partial charge in [0.2, 0.25) is 0 Å². The lowest BCUT2D eigenvalue weighted by Gasteiger charge is -2.33. The average molecular weight is 450 g/mol. The Morgan fingerprint density at radius 1 is 1.13 bits per heavy atom. The van der Waals surface area contributed by atoms with Crippen LogP contribution in [0, 0.1) is 6.92 Å². The van der Waals surface area contributed by atoms with Crippen LogP contribution in [0.2, 0.25) is 5.02 Å². The third-order valence-electron chi connectivity index (χ3n) is 5.48. The summed E-state index contributed by atoms with van der Waals surface area (Å²) in [6, 6.07) is 11.7. The molecule has 2 aromatic rings. The number of amides is 1. The van der Waals surface area contributed by atoms with Crippen molar-refractivity contribution >= 4 is 33.2 Å². The van der Waals surface area contributed by atoms with Gasteiger partial charge in [-0.2, -0.15) is 0 Å². The topological polar surface area (TPSA) is 78.5 Å². The van der Waals surface area contributed by atoms with Crippen LogP contribution in [0.15, 0.2) is 47.4 Å². The Bertz CT molecular complexity index is 1020. The molecule has 162 valence electrons. The summed E-state index contributed by atoms with van der Waals surface area (Å²) in [7, 11) is 0.235. The Morgan fingerprint density at radius 3 is 2.60 bits per heavy atom. The van der Waals surface area contributed by atoms with Gasteiger partial charge in [-0.05, 0) is 82.6 Å². The van der Waals surface area contributed by atoms with E-state index in [1.165, 1.54) is 18.2 Å². The van der Waals surface area contributed by atoms with E-state index in [-0.39, 0.29) is 27.4 Å². The van der Waals surface area contributed by atoms with Crippen LogP contribution in [0.5, 0.6) is 0 Å². The fourth-order valence-corrected chi connectivity index (χ4v) is 5.07. The van der Waals surface area contributed by atoms with Gasteiger partial charge >= 0.3 is 0 Å². The fourth-order valence-electron chi connectivity index (χ4n) is 3.80. The number of nitrogens with one attached hydrogen (secondary N) is 2. The highest BCUT2D eigenvalue weighted by Gasteiger charge is 2.26. The molecule has 3 rings (SSSR count). The molecule has 8 heteroatoms. The third kappa shape index (κ3) is 5.53. The molecule has 2 aromatic carbocycles. The van der Waals surface area contributed by atoms with Crippen molar-refractivity contribution in [3.05, 3.63) is 58.6 Å². The van der Waals surface area contributed by atoms with Crippen molar-refractivity contribution in [2.24, 2.45) is 0 Å². The van der Waals surface area contributed by atoms with E-state index in [2.05, 4.69) is 14.9 Å². The molecule has 0 radical (unpaired) electrons. The van der Waals surface area contributed by atoms with Gasteiger partial charge in [-0.15, -0.1) is 0 Å². The number of anilines is 1. The molecule has 1 aliphatic rings. The van der Waals surface area contributed by atoms with Crippen molar-refractivity contribution in [3.8, 4) is 0 Å². The Hall–Kier alpha value is -2.09. The van der Waals surface area contributed by atoms with Crippen LogP contribution < -0.4 is 10.0 Å². The minimum absolute atomic E-state index is 0.00614. The average Bonchev–Trinajstić information content (AvgIpc) is 2.68. The summed E-state index contributed by atoms with van der Waals surface area (Å²) in [5.74, 6) is -0.350. The number of benzene rings is 2. The summed E-state index contributed by atoms with van der Waals surface area (Å²) in [6.07, 6.45) is 3.92. The lowest BCUT2D eigenvalue weighted by molar-refractivity contribution is 0.0911. The molecule has 0 aromatic heterocycles. The minimum Gasteiger partial charge on any atom is -0.349 e. The highest BCUT2D eigenvalue weighted by atomic mass is 35.5. The lowest BCUT2D eigenvalue weighted by atomic mass is 9.90. The second kappa shape index (κ2) is 9.37. The molecular formula is C22H28ClN3O3S. The summed E-state index contributed by atoms with van der Waals surface area (Å²) >= 11 is 6.23. The van der Waals surface area contributed by atoms with Gasteiger partial charge in [-0.25, -0.2) is 8.42 Å². The highest BCUT2D eigenvalue weighted by Crippen LogP contribution is 2.25. The standard InChI is InChI=1S/C22H28ClN3O3S/c1-15-6-4-8-17(12-15)25-30(28,29)19-10-11-21(23)20(14-19)22(27)24-16-7-5-9-18(13-16)26(2)3/h4,6,8,10-12,14,16,18,25H,5,7,9,13H2,1-3H3,(H,24,27)/t16-,18+/m1/s1. The summed E-state index contributed by atoms with van der Waals surface area (Å²) < 4.78 is 28.2.